The smallest absolute Gasteiger partial charge is 0.341 e. The minimum atomic E-state index is -1.10. The number of methoxy groups -OCH3 is 1. The van der Waals surface area contributed by atoms with Gasteiger partial charge in [-0.25, -0.2) is 4.79 Å². The number of carbonyl (C=O) groups excluding carboxylic acids is 2. The number of benzene rings is 1. The molecule has 7 nitrogen and oxygen atoms in total. The van der Waals surface area contributed by atoms with Crippen molar-refractivity contribution >= 4 is 50.9 Å². The molecular formula is C20H22BrNO6S. The molecule has 0 atom stereocenters. The maximum absolute atomic E-state index is 12.8. The van der Waals surface area contributed by atoms with Crippen LogP contribution in [0.3, 0.4) is 0 Å². The first kappa shape index (κ1) is 21.7. The highest BCUT2D eigenvalue weighted by atomic mass is 79.9. The van der Waals surface area contributed by atoms with Gasteiger partial charge in [-0.3, -0.25) is 14.5 Å². The number of hydrogen-bond donors (Lipinski definition) is 1. The summed E-state index contributed by atoms with van der Waals surface area (Å²) in [6, 6.07) is 3.33. The molecule has 1 aliphatic carbocycles. The Labute approximate surface area is 181 Å². The van der Waals surface area contributed by atoms with Gasteiger partial charge in [-0.05, 0) is 70.2 Å². The predicted molar refractivity (Wildman–Crippen MR) is 113 cm³/mol. The molecule has 156 valence electrons. The summed E-state index contributed by atoms with van der Waals surface area (Å²) in [6.45, 7) is -0.0225. The van der Waals surface area contributed by atoms with Crippen molar-refractivity contribution in [3.8, 4) is 11.5 Å². The lowest BCUT2D eigenvalue weighted by atomic mass is 9.89. The van der Waals surface area contributed by atoms with Gasteiger partial charge in [0.2, 0.25) is 0 Å². The number of amides is 2. The number of aliphatic carboxylic acids is 1. The summed E-state index contributed by atoms with van der Waals surface area (Å²) < 4.78 is 11.0. The number of carboxylic acids is 1. The third kappa shape index (κ3) is 5.33. The molecule has 29 heavy (non-hydrogen) atoms. The lowest BCUT2D eigenvalue weighted by Crippen LogP contribution is -2.34. The minimum Gasteiger partial charge on any atom is -0.493 e. The minimum absolute atomic E-state index is 0.237. The number of rotatable bonds is 7. The van der Waals surface area contributed by atoms with E-state index in [1.54, 1.807) is 18.2 Å². The summed E-state index contributed by atoms with van der Waals surface area (Å²) in [5, 5.41) is 8.57. The fourth-order valence-electron chi connectivity index (χ4n) is 3.53. The van der Waals surface area contributed by atoms with Gasteiger partial charge < -0.3 is 14.6 Å². The van der Waals surface area contributed by atoms with Crippen molar-refractivity contribution in [3.05, 3.63) is 27.1 Å². The van der Waals surface area contributed by atoms with E-state index in [-0.39, 0.29) is 16.9 Å². The van der Waals surface area contributed by atoms with Crippen LogP contribution in [0.25, 0.3) is 6.08 Å². The van der Waals surface area contributed by atoms with E-state index in [2.05, 4.69) is 15.9 Å². The maximum Gasteiger partial charge on any atom is 0.341 e. The maximum atomic E-state index is 12.8. The van der Waals surface area contributed by atoms with Crippen molar-refractivity contribution < 1.29 is 29.0 Å². The van der Waals surface area contributed by atoms with Crippen LogP contribution in [-0.4, -0.2) is 47.4 Å². The van der Waals surface area contributed by atoms with E-state index in [0.29, 0.717) is 33.2 Å². The molecule has 0 aromatic heterocycles. The summed E-state index contributed by atoms with van der Waals surface area (Å²) in [4.78, 5) is 37.6. The van der Waals surface area contributed by atoms with Gasteiger partial charge in [0.15, 0.2) is 18.1 Å². The molecule has 0 radical (unpaired) electrons. The zero-order chi connectivity index (χ0) is 21.0. The van der Waals surface area contributed by atoms with E-state index >= 15 is 0 Å². The third-order valence-electron chi connectivity index (χ3n) is 4.93. The number of ether oxygens (including phenoxy) is 2. The van der Waals surface area contributed by atoms with E-state index in [1.807, 2.05) is 0 Å². The highest BCUT2D eigenvalue weighted by Gasteiger charge is 2.36. The molecule has 1 aromatic rings. The second kappa shape index (κ2) is 9.67. The van der Waals surface area contributed by atoms with Crippen molar-refractivity contribution in [2.24, 2.45) is 5.92 Å². The van der Waals surface area contributed by atoms with Gasteiger partial charge in [-0.1, -0.05) is 19.3 Å². The number of nitrogens with zero attached hydrogens (tertiary/aromatic N) is 1. The van der Waals surface area contributed by atoms with E-state index < -0.39 is 12.6 Å². The van der Waals surface area contributed by atoms with Gasteiger partial charge in [-0.15, -0.1) is 0 Å². The Morgan fingerprint density at radius 3 is 2.69 bits per heavy atom. The van der Waals surface area contributed by atoms with Gasteiger partial charge >= 0.3 is 5.97 Å². The first-order chi connectivity index (χ1) is 13.9. The standard InChI is InChI=1S/C20H22BrNO6S/c1-27-15-8-13(7-14(21)18(15)28-11-17(23)24)9-16-19(25)22(20(26)29-16)10-12-5-3-2-4-6-12/h7-9,12H,2-6,10-11H2,1H3,(H,23,24)/b16-9+. The van der Waals surface area contributed by atoms with Crippen LogP contribution >= 0.6 is 27.7 Å². The highest BCUT2D eigenvalue weighted by molar-refractivity contribution is 9.10. The normalized spacial score (nSPS) is 19.1. The Kier molecular flexibility index (Phi) is 7.23. The van der Waals surface area contributed by atoms with Crippen molar-refractivity contribution in [2.75, 3.05) is 20.3 Å². The Morgan fingerprint density at radius 1 is 1.31 bits per heavy atom. The van der Waals surface area contributed by atoms with Crippen LogP contribution in [0.5, 0.6) is 11.5 Å². The van der Waals surface area contributed by atoms with Crippen molar-refractivity contribution in [1.29, 1.82) is 0 Å². The molecule has 9 heteroatoms. The molecule has 3 rings (SSSR count). The summed E-state index contributed by atoms with van der Waals surface area (Å²) in [5.74, 6) is -0.399. The monoisotopic (exact) mass is 483 g/mol. The van der Waals surface area contributed by atoms with Crippen LogP contribution < -0.4 is 9.47 Å². The van der Waals surface area contributed by atoms with Gasteiger partial charge in [0, 0.05) is 6.54 Å². The largest absolute Gasteiger partial charge is 0.493 e. The lowest BCUT2D eigenvalue weighted by Gasteiger charge is -2.25. The molecule has 1 aliphatic heterocycles. The fraction of sp³-hybridized carbons (Fsp3) is 0.450. The molecule has 0 spiro atoms. The average molecular weight is 484 g/mol. The molecule has 1 saturated carbocycles. The average Bonchev–Trinajstić information content (AvgIpc) is 2.94. The zero-order valence-corrected chi connectivity index (χ0v) is 18.4. The molecule has 0 bridgehead atoms. The van der Waals surface area contributed by atoms with Gasteiger partial charge in [-0.2, -0.15) is 0 Å². The summed E-state index contributed by atoms with van der Waals surface area (Å²) in [6.07, 6.45) is 7.29. The first-order valence-electron chi connectivity index (χ1n) is 9.36. The predicted octanol–water partition coefficient (Wildman–Crippen LogP) is 4.54. The fourth-order valence-corrected chi connectivity index (χ4v) is 4.96. The van der Waals surface area contributed by atoms with Crippen LogP contribution in [-0.2, 0) is 9.59 Å². The zero-order valence-electron chi connectivity index (χ0n) is 16.0. The molecule has 1 heterocycles. The van der Waals surface area contributed by atoms with E-state index in [1.165, 1.54) is 18.4 Å². The van der Waals surface area contributed by atoms with E-state index in [0.717, 1.165) is 37.4 Å². The molecule has 1 saturated heterocycles. The quantitative estimate of drug-likeness (QED) is 0.568. The van der Waals surface area contributed by atoms with Crippen LogP contribution in [0.2, 0.25) is 0 Å². The number of hydrogen-bond acceptors (Lipinski definition) is 6. The van der Waals surface area contributed by atoms with E-state index in [9.17, 15) is 14.4 Å². The van der Waals surface area contributed by atoms with Gasteiger partial charge in [0.05, 0.1) is 16.5 Å². The number of thioether (sulfide) groups is 1. The SMILES string of the molecule is COc1cc(/C=C2/SC(=O)N(CC3CCCCC3)C2=O)cc(Br)c1OCC(=O)O. The first-order valence-corrected chi connectivity index (χ1v) is 11.0. The number of imide groups is 1. The number of halogens is 1. The van der Waals surface area contributed by atoms with Crippen LogP contribution in [0.1, 0.15) is 37.7 Å². The number of carbonyl (C=O) groups is 3. The van der Waals surface area contributed by atoms with Crippen molar-refractivity contribution in [1.82, 2.24) is 4.90 Å². The summed E-state index contributed by atoms with van der Waals surface area (Å²) >= 11 is 4.28. The van der Waals surface area contributed by atoms with Crippen molar-refractivity contribution in [2.45, 2.75) is 32.1 Å². The second-order valence-corrected chi connectivity index (χ2v) is 8.86. The molecule has 0 unspecified atom stereocenters. The summed E-state index contributed by atoms with van der Waals surface area (Å²) in [7, 11) is 1.44. The summed E-state index contributed by atoms with van der Waals surface area (Å²) in [5.41, 5.74) is 0.638. The molecule has 1 aromatic carbocycles. The molecule has 2 fully saturated rings. The highest BCUT2D eigenvalue weighted by Crippen LogP contribution is 2.39. The van der Waals surface area contributed by atoms with Crippen LogP contribution in [0.15, 0.2) is 21.5 Å². The van der Waals surface area contributed by atoms with Crippen LogP contribution in [0.4, 0.5) is 4.79 Å². The van der Waals surface area contributed by atoms with E-state index in [4.69, 9.17) is 14.6 Å². The third-order valence-corrected chi connectivity index (χ3v) is 6.43. The Morgan fingerprint density at radius 2 is 2.03 bits per heavy atom. The Balaban J connectivity index is 1.78. The second-order valence-electron chi connectivity index (χ2n) is 7.01. The van der Waals surface area contributed by atoms with Gasteiger partial charge in [0.1, 0.15) is 0 Å². The van der Waals surface area contributed by atoms with Gasteiger partial charge in [0.25, 0.3) is 11.1 Å². The Bertz CT molecular complexity index is 850. The molecule has 2 aliphatic rings. The van der Waals surface area contributed by atoms with Crippen molar-refractivity contribution in [3.63, 3.8) is 0 Å². The molecule has 2 amide bonds. The van der Waals surface area contributed by atoms with Crippen LogP contribution in [0, 0.1) is 5.92 Å². The topological polar surface area (TPSA) is 93.1 Å². The lowest BCUT2D eigenvalue weighted by molar-refractivity contribution is -0.139. The molecule has 1 N–H and O–H groups in total. The Hall–Kier alpha value is -2.00. The number of carboxylic acid groups (broad SMARTS) is 1. The molecular weight excluding hydrogens is 462 g/mol.